The fourth-order valence-electron chi connectivity index (χ4n) is 5.49. The van der Waals surface area contributed by atoms with Gasteiger partial charge in [0.15, 0.2) is 5.15 Å². The number of hydrogen-bond acceptors (Lipinski definition) is 7. The van der Waals surface area contributed by atoms with E-state index in [1.807, 2.05) is 6.08 Å². The van der Waals surface area contributed by atoms with Gasteiger partial charge >= 0.3 is 6.55 Å². The molecule has 11 nitrogen and oxygen atoms in total. The molecule has 0 radical (unpaired) electrons. The summed E-state index contributed by atoms with van der Waals surface area (Å²) in [6.45, 7) is -1.17. The van der Waals surface area contributed by atoms with Crippen molar-refractivity contribution in [1.82, 2.24) is 39.3 Å². The number of pyridine rings is 1. The van der Waals surface area contributed by atoms with Crippen LogP contribution in [0.5, 0.6) is 0 Å². The third kappa shape index (κ3) is 5.74. The number of anilines is 1. The lowest BCUT2D eigenvalue weighted by molar-refractivity contribution is -0.119. The molecule has 1 aliphatic heterocycles. The second-order valence-corrected chi connectivity index (χ2v) is 11.3. The van der Waals surface area contributed by atoms with Gasteiger partial charge in [-0.25, -0.2) is 14.3 Å². The molecular weight excluding hydrogens is 603 g/mol. The molecule has 5 heterocycles. The van der Waals surface area contributed by atoms with Crippen molar-refractivity contribution >= 4 is 34.8 Å². The number of alkyl halides is 2. The lowest BCUT2D eigenvalue weighted by Crippen LogP contribution is -2.29. The summed E-state index contributed by atoms with van der Waals surface area (Å²) in [4.78, 5) is 35.7. The summed E-state index contributed by atoms with van der Waals surface area (Å²) < 4.78 is 31.4. The molecule has 0 saturated heterocycles. The lowest BCUT2D eigenvalue weighted by Gasteiger charge is -2.26. The van der Waals surface area contributed by atoms with Gasteiger partial charge in [0.2, 0.25) is 5.91 Å². The first-order chi connectivity index (χ1) is 20.7. The molecule has 0 fully saturated rings. The first-order valence-corrected chi connectivity index (χ1v) is 14.3. The Morgan fingerprint density at radius 3 is 2.70 bits per heavy atom. The van der Waals surface area contributed by atoms with Crippen LogP contribution < -0.4 is 10.9 Å². The highest BCUT2D eigenvalue weighted by Gasteiger charge is 2.29. The van der Waals surface area contributed by atoms with Gasteiger partial charge in [0, 0.05) is 34.7 Å². The molecule has 2 aliphatic rings. The minimum absolute atomic E-state index is 0.0487. The zero-order chi connectivity index (χ0) is 30.2. The molecular formula is C28H25Cl2F2N9O2. The summed E-state index contributed by atoms with van der Waals surface area (Å²) in [6.07, 6.45) is 12.6. The van der Waals surface area contributed by atoms with Gasteiger partial charge in [-0.15, -0.1) is 5.10 Å². The van der Waals surface area contributed by atoms with Crippen LogP contribution in [0.1, 0.15) is 62.1 Å². The van der Waals surface area contributed by atoms with Crippen LogP contribution in [0.3, 0.4) is 0 Å². The summed E-state index contributed by atoms with van der Waals surface area (Å²) in [5, 5.41) is 15.2. The highest BCUT2D eigenvalue weighted by Crippen LogP contribution is 2.37. The molecule has 15 heteroatoms. The minimum atomic E-state index is -2.94. The number of rotatable bonds is 4. The summed E-state index contributed by atoms with van der Waals surface area (Å²) >= 11 is 12.3. The Kier molecular flexibility index (Phi) is 7.93. The molecule has 6 rings (SSSR count). The molecule has 2 bridgehead atoms. The zero-order valence-electron chi connectivity index (χ0n) is 22.7. The molecule has 1 N–H and O–H groups in total. The Labute approximate surface area is 253 Å². The molecule has 4 aromatic heterocycles. The summed E-state index contributed by atoms with van der Waals surface area (Å²) in [5.41, 5.74) is 1.20. The number of carbonyl (C=O) groups excluding carboxylic acids is 1. The predicted octanol–water partition coefficient (Wildman–Crippen LogP) is 5.51. The number of hydrogen-bond donors (Lipinski definition) is 1. The summed E-state index contributed by atoms with van der Waals surface area (Å²) in [6, 6.07) is 3.70. The molecule has 1 aliphatic carbocycles. The molecule has 0 saturated carbocycles. The third-order valence-electron chi connectivity index (χ3n) is 7.68. The minimum Gasteiger partial charge on any atom is -0.323 e. The van der Waals surface area contributed by atoms with E-state index in [2.05, 4.69) is 30.7 Å². The van der Waals surface area contributed by atoms with Crippen molar-refractivity contribution in [2.75, 3.05) is 5.32 Å². The number of halogens is 4. The highest BCUT2D eigenvalue weighted by atomic mass is 35.5. The van der Waals surface area contributed by atoms with Crippen LogP contribution in [0.2, 0.25) is 5.15 Å². The highest BCUT2D eigenvalue weighted by molar-refractivity contribution is 6.31. The molecule has 2 unspecified atom stereocenters. The van der Waals surface area contributed by atoms with Gasteiger partial charge in [0.1, 0.15) is 0 Å². The van der Waals surface area contributed by atoms with Crippen LogP contribution in [0.25, 0.3) is 11.3 Å². The van der Waals surface area contributed by atoms with Crippen molar-refractivity contribution < 1.29 is 13.6 Å². The average Bonchev–Trinajstić information content (AvgIpc) is 3.61. The van der Waals surface area contributed by atoms with Crippen LogP contribution in [0, 0.1) is 5.92 Å². The van der Waals surface area contributed by atoms with Gasteiger partial charge in [0.25, 0.3) is 5.56 Å². The predicted molar refractivity (Wildman–Crippen MR) is 155 cm³/mol. The second kappa shape index (κ2) is 11.8. The monoisotopic (exact) mass is 627 g/mol. The van der Waals surface area contributed by atoms with E-state index in [-0.39, 0.29) is 34.0 Å². The van der Waals surface area contributed by atoms with Crippen LogP contribution in [-0.2, 0) is 4.79 Å². The molecule has 43 heavy (non-hydrogen) atoms. The average molecular weight is 628 g/mol. The number of carbonyl (C=O) groups is 1. The smallest absolute Gasteiger partial charge is 0.323 e. The van der Waals surface area contributed by atoms with E-state index in [9.17, 15) is 18.4 Å². The van der Waals surface area contributed by atoms with Crippen LogP contribution in [0.4, 0.5) is 14.5 Å². The number of fused-ring (bicyclic) bond motifs is 4. The van der Waals surface area contributed by atoms with Crippen LogP contribution in [0.15, 0.2) is 71.2 Å². The fourth-order valence-corrected chi connectivity index (χ4v) is 5.83. The van der Waals surface area contributed by atoms with E-state index in [0.717, 1.165) is 0 Å². The first kappa shape index (κ1) is 28.9. The zero-order valence-corrected chi connectivity index (χ0v) is 24.2. The van der Waals surface area contributed by atoms with Crippen molar-refractivity contribution in [1.29, 1.82) is 0 Å². The van der Waals surface area contributed by atoms with Crippen LogP contribution in [-0.4, -0.2) is 45.2 Å². The second-order valence-electron chi connectivity index (χ2n) is 10.4. The molecule has 4 atom stereocenters. The van der Waals surface area contributed by atoms with Crippen molar-refractivity contribution in [2.45, 2.75) is 50.7 Å². The Morgan fingerprint density at radius 2 is 1.95 bits per heavy atom. The van der Waals surface area contributed by atoms with E-state index in [4.69, 9.17) is 23.2 Å². The maximum absolute atomic E-state index is 13.9. The number of nitrogens with zero attached hydrogens (tertiary/aromatic N) is 8. The SMILES string of the molecule is C[C@H]1CCC[C@@H](n2cnc(C3C=C(Cl)C=CC3n3cc(Cl)nn3)cc2=O)c2cc(ccn2)-c2c(cnn2C(F)F)NC1=O. The summed E-state index contributed by atoms with van der Waals surface area (Å²) in [5.74, 6) is -1.15. The molecule has 0 aromatic carbocycles. The van der Waals surface area contributed by atoms with Gasteiger partial charge in [-0.3, -0.25) is 19.1 Å². The largest absolute Gasteiger partial charge is 0.333 e. The van der Waals surface area contributed by atoms with Crippen molar-refractivity contribution in [3.05, 3.63) is 93.3 Å². The van der Waals surface area contributed by atoms with Gasteiger partial charge in [0.05, 0.1) is 53.6 Å². The molecule has 1 amide bonds. The molecule has 4 aromatic rings. The number of aromatic nitrogens is 8. The standard InChI is InChI=1S/C28H25Cl2F2N9O2/c1-15-3-2-4-23(20-9-16(7-8-33-20)26-21(36-27(15)43)12-35-41(26)28(31)32)39-14-34-19(11-25(39)42)18-10-17(29)5-6-22(18)40-13-24(30)37-38-40/h5-15,18,22-23,28H,2-4H2,1H3,(H,36,43)/t15-,18?,22?,23+/m0/s1. The maximum Gasteiger partial charge on any atom is 0.333 e. The number of allylic oxidation sites excluding steroid dienone is 4. The van der Waals surface area contributed by atoms with E-state index in [0.29, 0.717) is 45.9 Å². The third-order valence-corrected chi connectivity index (χ3v) is 8.10. The number of nitrogens with one attached hydrogen (secondary N) is 1. The Bertz CT molecular complexity index is 1800. The van der Waals surface area contributed by atoms with Gasteiger partial charge in [-0.05, 0) is 31.1 Å². The van der Waals surface area contributed by atoms with E-state index >= 15 is 0 Å². The lowest BCUT2D eigenvalue weighted by atomic mass is 9.91. The topological polar surface area (TPSA) is 125 Å². The van der Waals surface area contributed by atoms with Gasteiger partial charge in [-0.2, -0.15) is 13.9 Å². The Hall–Kier alpha value is -4.23. The first-order valence-electron chi connectivity index (χ1n) is 13.5. The van der Waals surface area contributed by atoms with Crippen molar-refractivity contribution in [3.8, 4) is 11.3 Å². The molecule has 222 valence electrons. The summed E-state index contributed by atoms with van der Waals surface area (Å²) in [7, 11) is 0. The molecule has 0 spiro atoms. The normalized spacial score (nSPS) is 22.4. The quantitative estimate of drug-likeness (QED) is 0.316. The van der Waals surface area contributed by atoms with Crippen LogP contribution >= 0.6 is 23.2 Å². The van der Waals surface area contributed by atoms with Gasteiger partial charge < -0.3 is 5.32 Å². The van der Waals surface area contributed by atoms with Crippen molar-refractivity contribution in [2.24, 2.45) is 5.92 Å². The Balaban J connectivity index is 1.41. The Morgan fingerprint density at radius 1 is 1.12 bits per heavy atom. The number of amides is 1. The fraction of sp³-hybridized carbons (Fsp3) is 0.321. The van der Waals surface area contributed by atoms with E-state index in [1.165, 1.54) is 29.4 Å². The van der Waals surface area contributed by atoms with E-state index in [1.54, 1.807) is 42.1 Å². The van der Waals surface area contributed by atoms with Gasteiger partial charge in [-0.1, -0.05) is 53.9 Å². The van der Waals surface area contributed by atoms with Crippen molar-refractivity contribution in [3.63, 3.8) is 0 Å². The maximum atomic E-state index is 13.9. The van der Waals surface area contributed by atoms with E-state index < -0.39 is 24.4 Å².